The number of fused-ring (bicyclic) bond motifs is 15. The molecule has 0 N–H and O–H groups in total. The molecule has 3 fully saturated rings. The molecule has 0 saturated heterocycles. The van der Waals surface area contributed by atoms with Crippen LogP contribution in [0, 0.1) is 5.92 Å². The van der Waals surface area contributed by atoms with Crippen molar-refractivity contribution < 1.29 is 9.14 Å². The smallest absolute Gasteiger partial charge is 0.213 e. The molecule has 4 aromatic rings. The first kappa shape index (κ1) is 35.4. The fraction of sp³-hybridized carbons (Fsp3) is 0.547. The average molecular weight is 744 g/mol. The lowest BCUT2D eigenvalue weighted by Gasteiger charge is -2.50. The van der Waals surface area contributed by atoms with Gasteiger partial charge in [0, 0.05) is 35.3 Å². The molecule has 3 heterocycles. The maximum atomic E-state index is 3.14. The summed E-state index contributed by atoms with van der Waals surface area (Å²) in [6.07, 6.45) is 13.5. The van der Waals surface area contributed by atoms with Crippen LogP contribution in [-0.2, 0) is 21.8 Å². The Kier molecular flexibility index (Phi) is 7.13. The van der Waals surface area contributed by atoms with Gasteiger partial charge >= 0.3 is 5.66 Å². The molecule has 3 heteroatoms. The lowest BCUT2D eigenvalue weighted by molar-refractivity contribution is -0.771. The molecule has 3 unspecified atom stereocenters. The first-order valence-corrected chi connectivity index (χ1v) is 22.7. The molecule has 3 aromatic carbocycles. The van der Waals surface area contributed by atoms with Crippen molar-refractivity contribution in [3.63, 3.8) is 0 Å². The summed E-state index contributed by atoms with van der Waals surface area (Å²) in [4.78, 5) is 3.14. The van der Waals surface area contributed by atoms with E-state index in [1.54, 1.807) is 33.7 Å². The normalized spacial score (nSPS) is 29.8. The van der Waals surface area contributed by atoms with Crippen LogP contribution in [0.15, 0.2) is 66.7 Å². The molecule has 11 rings (SSSR count). The van der Waals surface area contributed by atoms with Crippen LogP contribution in [0.2, 0.25) is 0 Å². The minimum Gasteiger partial charge on any atom is -0.213 e. The van der Waals surface area contributed by atoms with E-state index in [9.17, 15) is 0 Å². The van der Waals surface area contributed by atoms with Gasteiger partial charge in [-0.05, 0) is 115 Å². The Morgan fingerprint density at radius 1 is 0.643 bits per heavy atom. The zero-order valence-corrected chi connectivity index (χ0v) is 36.1. The van der Waals surface area contributed by atoms with E-state index in [4.69, 9.17) is 0 Å². The highest BCUT2D eigenvalue weighted by atomic mass is 15.6. The van der Waals surface area contributed by atoms with Gasteiger partial charge in [-0.3, -0.25) is 0 Å². The van der Waals surface area contributed by atoms with E-state index in [0.29, 0.717) is 23.9 Å². The SMILES string of the molecule is CC(C)C1=[N+](C2CCCCC2)C2(N1C1CCCCC1)C1(C)c3ccc4c(c3-c3cc(C(C)C)c5ccccc5[n+]3C12C)C(C)(C)C1=C4C(C)(C)c2ccccc21. The summed E-state index contributed by atoms with van der Waals surface area (Å²) < 4.78 is 6.11. The van der Waals surface area contributed by atoms with Crippen LogP contribution in [0.1, 0.15) is 173 Å². The molecule has 3 atom stereocenters. The third-order valence-electron chi connectivity index (χ3n) is 17.2. The first-order valence-electron chi connectivity index (χ1n) is 22.7. The van der Waals surface area contributed by atoms with Crippen molar-refractivity contribution in [1.29, 1.82) is 0 Å². The molecule has 0 amide bonds. The first-order chi connectivity index (χ1) is 26.8. The average Bonchev–Trinajstić information content (AvgIpc) is 3.38. The van der Waals surface area contributed by atoms with Crippen LogP contribution in [0.25, 0.3) is 33.3 Å². The van der Waals surface area contributed by atoms with Gasteiger partial charge in [0.2, 0.25) is 11.2 Å². The zero-order chi connectivity index (χ0) is 38.9. The second-order valence-electron chi connectivity index (χ2n) is 21.2. The van der Waals surface area contributed by atoms with E-state index < -0.39 is 0 Å². The standard InChI is InChI=1S/C53H65N3/c1-32(2)39-31-43-44-41(30-29-38-45(44)50(7,8)46-37-26-17-19-27-40(37)49(5,6)47(38)46)51(9)52(10,56(43)42-28-20-18-25-36(39)42)53(51)54(34-21-13-11-14-22-34)48(33(3)4)55(53)35-23-15-12-16-24-35/h17-20,25-35H,11-16,21-24H2,1-10H3/q+2. The highest BCUT2D eigenvalue weighted by Crippen LogP contribution is 2.79. The van der Waals surface area contributed by atoms with Gasteiger partial charge in [-0.1, -0.05) is 117 Å². The summed E-state index contributed by atoms with van der Waals surface area (Å²) in [5.74, 6) is 2.58. The van der Waals surface area contributed by atoms with Gasteiger partial charge in [0.1, 0.15) is 12.1 Å². The van der Waals surface area contributed by atoms with Crippen LogP contribution in [-0.4, -0.2) is 33.1 Å². The molecule has 1 spiro atoms. The minimum absolute atomic E-state index is 0.0519. The highest BCUT2D eigenvalue weighted by molar-refractivity contribution is 6.11. The van der Waals surface area contributed by atoms with Crippen molar-refractivity contribution in [1.82, 2.24) is 4.90 Å². The fourth-order valence-corrected chi connectivity index (χ4v) is 15.0. The molecule has 5 aliphatic carbocycles. The predicted octanol–water partition coefficient (Wildman–Crippen LogP) is 12.2. The second kappa shape index (κ2) is 11.3. The van der Waals surface area contributed by atoms with Crippen molar-refractivity contribution in [2.24, 2.45) is 5.92 Å². The third kappa shape index (κ3) is 3.76. The van der Waals surface area contributed by atoms with E-state index in [-0.39, 0.29) is 27.4 Å². The number of aromatic nitrogens is 1. The van der Waals surface area contributed by atoms with Crippen molar-refractivity contribution in [2.75, 3.05) is 0 Å². The van der Waals surface area contributed by atoms with Crippen molar-refractivity contribution >= 4 is 27.9 Å². The van der Waals surface area contributed by atoms with Crippen LogP contribution in [0.5, 0.6) is 0 Å². The van der Waals surface area contributed by atoms with Gasteiger partial charge in [-0.2, -0.15) is 4.57 Å². The number of hydrogen-bond donors (Lipinski definition) is 0. The molecule has 3 nitrogen and oxygen atoms in total. The summed E-state index contributed by atoms with van der Waals surface area (Å²) >= 11 is 0. The molecule has 1 aromatic heterocycles. The highest BCUT2D eigenvalue weighted by Gasteiger charge is 3.06. The molecule has 56 heavy (non-hydrogen) atoms. The Morgan fingerprint density at radius 2 is 1.29 bits per heavy atom. The molecule has 290 valence electrons. The summed E-state index contributed by atoms with van der Waals surface area (Å²) in [5.41, 5.74) is 16.1. The summed E-state index contributed by atoms with van der Waals surface area (Å²) in [7, 11) is 0. The predicted molar refractivity (Wildman–Crippen MR) is 232 cm³/mol. The van der Waals surface area contributed by atoms with Crippen molar-refractivity contribution in [3.05, 3.63) is 100 Å². The van der Waals surface area contributed by atoms with Crippen LogP contribution >= 0.6 is 0 Å². The Bertz CT molecular complexity index is 2440. The van der Waals surface area contributed by atoms with Gasteiger partial charge in [-0.15, -0.1) is 0 Å². The number of benzene rings is 3. The Morgan fingerprint density at radius 3 is 1.98 bits per heavy atom. The van der Waals surface area contributed by atoms with Crippen molar-refractivity contribution in [2.45, 2.75) is 179 Å². The Hall–Kier alpha value is -3.72. The van der Waals surface area contributed by atoms with E-state index in [1.807, 2.05) is 0 Å². The van der Waals surface area contributed by atoms with Crippen LogP contribution in [0.4, 0.5) is 0 Å². The number of nitrogens with zero attached hydrogens (tertiary/aromatic N) is 3. The molecular weight excluding hydrogens is 679 g/mol. The van der Waals surface area contributed by atoms with Gasteiger partial charge in [-0.25, -0.2) is 9.48 Å². The van der Waals surface area contributed by atoms with E-state index in [0.717, 1.165) is 0 Å². The quantitative estimate of drug-likeness (QED) is 0.189. The third-order valence-corrected chi connectivity index (χ3v) is 17.2. The summed E-state index contributed by atoms with van der Waals surface area (Å²) in [6, 6.07) is 28.0. The van der Waals surface area contributed by atoms with Crippen LogP contribution in [0.3, 0.4) is 0 Å². The lowest BCUT2D eigenvalue weighted by atomic mass is 9.70. The summed E-state index contributed by atoms with van der Waals surface area (Å²) in [5, 5.41) is 1.43. The maximum Gasteiger partial charge on any atom is 0.327 e. The fourth-order valence-electron chi connectivity index (χ4n) is 15.0. The molecule has 0 bridgehead atoms. The number of allylic oxidation sites excluding steroid dienone is 2. The van der Waals surface area contributed by atoms with E-state index >= 15 is 0 Å². The largest absolute Gasteiger partial charge is 0.327 e. The second-order valence-corrected chi connectivity index (χ2v) is 21.2. The monoisotopic (exact) mass is 744 g/mol. The van der Waals surface area contributed by atoms with E-state index in [2.05, 4.69) is 150 Å². The van der Waals surface area contributed by atoms with Gasteiger partial charge < -0.3 is 0 Å². The van der Waals surface area contributed by atoms with Gasteiger partial charge in [0.15, 0.2) is 5.41 Å². The van der Waals surface area contributed by atoms with Gasteiger partial charge in [0.25, 0.3) is 11.4 Å². The molecule has 2 aliphatic heterocycles. The molecule has 0 radical (unpaired) electrons. The maximum absolute atomic E-state index is 3.14. The Labute approximate surface area is 336 Å². The summed E-state index contributed by atoms with van der Waals surface area (Å²) in [6.45, 7) is 25.4. The van der Waals surface area contributed by atoms with Gasteiger partial charge in [0.05, 0.1) is 11.5 Å². The number of pyridine rings is 1. The topological polar surface area (TPSA) is 10.1 Å². The molecular formula is C53H65N3+2. The number of para-hydroxylation sites is 1. The lowest BCUT2D eigenvalue weighted by Crippen LogP contribution is -2.76. The molecule has 7 aliphatic rings. The van der Waals surface area contributed by atoms with E-state index in [1.165, 1.54) is 103 Å². The Balaban J connectivity index is 1.28. The minimum atomic E-state index is -0.163. The molecule has 3 saturated carbocycles. The van der Waals surface area contributed by atoms with Crippen molar-refractivity contribution in [3.8, 4) is 11.3 Å². The van der Waals surface area contributed by atoms with Crippen LogP contribution < -0.4 is 4.57 Å². The number of hydrogen-bond acceptors (Lipinski definition) is 1. The number of rotatable bonds is 4. The zero-order valence-electron chi connectivity index (χ0n) is 36.1. The number of amidine groups is 1.